The van der Waals surface area contributed by atoms with Crippen LogP contribution >= 0.6 is 15.9 Å². The van der Waals surface area contributed by atoms with Crippen molar-refractivity contribution in [3.8, 4) is 0 Å². The molecule has 1 aromatic rings. The highest BCUT2D eigenvalue weighted by Gasteiger charge is 2.30. The second-order valence-corrected chi connectivity index (χ2v) is 7.54. The number of hydrogen-bond donors (Lipinski definition) is 2. The summed E-state index contributed by atoms with van der Waals surface area (Å²) in [4.78, 5) is 11.1. The number of carboxylic acid groups (broad SMARTS) is 1. The van der Waals surface area contributed by atoms with E-state index in [0.29, 0.717) is 23.1 Å². The molecule has 0 amide bonds. The van der Waals surface area contributed by atoms with Crippen LogP contribution in [-0.2, 0) is 14.8 Å². The maximum absolute atomic E-state index is 12.4. The summed E-state index contributed by atoms with van der Waals surface area (Å²) in [5.74, 6) is -1.16. The molecule has 0 spiro atoms. The fourth-order valence-corrected chi connectivity index (χ4v) is 4.19. The Morgan fingerprint density at radius 2 is 2.14 bits per heavy atom. The van der Waals surface area contributed by atoms with Crippen LogP contribution in [-0.4, -0.2) is 38.2 Å². The maximum atomic E-state index is 12.4. The van der Waals surface area contributed by atoms with Crippen molar-refractivity contribution in [2.75, 3.05) is 6.61 Å². The van der Waals surface area contributed by atoms with Crippen LogP contribution < -0.4 is 4.72 Å². The molecule has 0 radical (unpaired) electrons. The van der Waals surface area contributed by atoms with E-state index in [0.717, 1.165) is 0 Å². The number of benzene rings is 1. The van der Waals surface area contributed by atoms with Gasteiger partial charge in [0, 0.05) is 11.1 Å². The average molecular weight is 378 g/mol. The van der Waals surface area contributed by atoms with Gasteiger partial charge in [0.2, 0.25) is 10.0 Å². The number of carbonyl (C=O) groups is 1. The van der Waals surface area contributed by atoms with Crippen LogP contribution in [0.2, 0.25) is 0 Å². The van der Waals surface area contributed by atoms with Gasteiger partial charge in [0.15, 0.2) is 0 Å². The van der Waals surface area contributed by atoms with E-state index in [1.54, 1.807) is 13.8 Å². The van der Waals surface area contributed by atoms with Crippen molar-refractivity contribution < 1.29 is 23.1 Å². The third kappa shape index (κ3) is 3.45. The summed E-state index contributed by atoms with van der Waals surface area (Å²) in [6, 6.07) is 2.28. The van der Waals surface area contributed by atoms with Gasteiger partial charge in [0.05, 0.1) is 22.6 Å². The predicted octanol–water partition coefficient (Wildman–Crippen LogP) is 1.91. The SMILES string of the molecule is Cc1c(Br)cc(S(=O)(=O)NC2CCOC2C)cc1C(=O)O. The number of ether oxygens (including phenoxy) is 1. The first-order valence-corrected chi connectivity index (χ1v) is 8.67. The second-order valence-electron chi connectivity index (χ2n) is 4.98. The van der Waals surface area contributed by atoms with E-state index < -0.39 is 16.0 Å². The molecule has 1 aliphatic rings. The van der Waals surface area contributed by atoms with Crippen LogP contribution in [0.3, 0.4) is 0 Å². The summed E-state index contributed by atoms with van der Waals surface area (Å²) in [6.07, 6.45) is 0.395. The zero-order chi connectivity index (χ0) is 15.8. The number of nitrogens with one attached hydrogen (secondary N) is 1. The number of rotatable bonds is 4. The summed E-state index contributed by atoms with van der Waals surface area (Å²) in [5, 5.41) is 9.15. The van der Waals surface area contributed by atoms with Crippen molar-refractivity contribution in [2.24, 2.45) is 0 Å². The van der Waals surface area contributed by atoms with Gasteiger partial charge in [-0.25, -0.2) is 17.9 Å². The molecule has 0 saturated carbocycles. The molecule has 1 heterocycles. The van der Waals surface area contributed by atoms with Crippen LogP contribution in [0, 0.1) is 6.92 Å². The normalized spacial score (nSPS) is 22.4. The van der Waals surface area contributed by atoms with Gasteiger partial charge in [-0.1, -0.05) is 15.9 Å². The molecule has 6 nitrogen and oxygen atoms in total. The lowest BCUT2D eigenvalue weighted by atomic mass is 10.1. The quantitative estimate of drug-likeness (QED) is 0.835. The highest BCUT2D eigenvalue weighted by atomic mass is 79.9. The van der Waals surface area contributed by atoms with Gasteiger partial charge >= 0.3 is 5.97 Å². The van der Waals surface area contributed by atoms with Crippen LogP contribution in [0.5, 0.6) is 0 Å². The van der Waals surface area contributed by atoms with E-state index >= 15 is 0 Å². The van der Waals surface area contributed by atoms with Crippen molar-refractivity contribution in [1.29, 1.82) is 0 Å². The van der Waals surface area contributed by atoms with Crippen LogP contribution in [0.15, 0.2) is 21.5 Å². The van der Waals surface area contributed by atoms with Crippen molar-refractivity contribution in [3.63, 3.8) is 0 Å². The fraction of sp³-hybridized carbons (Fsp3) is 0.462. The summed E-state index contributed by atoms with van der Waals surface area (Å²) >= 11 is 3.20. The third-order valence-electron chi connectivity index (χ3n) is 3.54. The minimum atomic E-state index is -3.80. The Bertz CT molecular complexity index is 673. The van der Waals surface area contributed by atoms with Gasteiger partial charge in [-0.3, -0.25) is 0 Å². The van der Waals surface area contributed by atoms with Gasteiger partial charge in [-0.2, -0.15) is 0 Å². The topological polar surface area (TPSA) is 92.7 Å². The average Bonchev–Trinajstić information content (AvgIpc) is 2.77. The maximum Gasteiger partial charge on any atom is 0.336 e. The molecule has 2 atom stereocenters. The molecule has 1 aromatic carbocycles. The lowest BCUT2D eigenvalue weighted by molar-refractivity contribution is 0.0695. The van der Waals surface area contributed by atoms with Crippen molar-refractivity contribution in [3.05, 3.63) is 27.7 Å². The van der Waals surface area contributed by atoms with Crippen LogP contribution in [0.4, 0.5) is 0 Å². The molecule has 116 valence electrons. The minimum absolute atomic E-state index is 0.0412. The molecule has 2 N–H and O–H groups in total. The summed E-state index contributed by atoms with van der Waals surface area (Å²) in [7, 11) is -3.80. The Balaban J connectivity index is 2.38. The van der Waals surface area contributed by atoms with E-state index in [4.69, 9.17) is 9.84 Å². The molecule has 0 bridgehead atoms. The largest absolute Gasteiger partial charge is 0.478 e. The van der Waals surface area contributed by atoms with Gasteiger partial charge in [-0.15, -0.1) is 0 Å². The standard InChI is InChI=1S/C13H16BrNO5S/c1-7-10(13(16)17)5-9(6-11(7)14)21(18,19)15-12-3-4-20-8(12)2/h5-6,8,12,15H,3-4H2,1-2H3,(H,16,17). The molecule has 0 aliphatic carbocycles. The summed E-state index contributed by atoms with van der Waals surface area (Å²) in [5.41, 5.74) is 0.444. The van der Waals surface area contributed by atoms with Crippen molar-refractivity contribution in [1.82, 2.24) is 4.72 Å². The Morgan fingerprint density at radius 3 is 2.67 bits per heavy atom. The number of halogens is 1. The molecule has 1 fully saturated rings. The van der Waals surface area contributed by atoms with E-state index in [1.165, 1.54) is 12.1 Å². The molecule has 0 aromatic heterocycles. The molecule has 8 heteroatoms. The second kappa shape index (κ2) is 6.04. The molecular weight excluding hydrogens is 362 g/mol. The zero-order valence-electron chi connectivity index (χ0n) is 11.6. The van der Waals surface area contributed by atoms with Gasteiger partial charge in [0.1, 0.15) is 0 Å². The van der Waals surface area contributed by atoms with Crippen molar-refractivity contribution in [2.45, 2.75) is 37.3 Å². The third-order valence-corrected chi connectivity index (χ3v) is 5.83. The molecule has 2 unspecified atom stereocenters. The first-order chi connectivity index (χ1) is 9.72. The smallest absolute Gasteiger partial charge is 0.336 e. The molecule has 21 heavy (non-hydrogen) atoms. The summed E-state index contributed by atoms with van der Waals surface area (Å²) < 4.78 is 33.1. The Kier molecular flexibility index (Phi) is 4.72. The zero-order valence-corrected chi connectivity index (χ0v) is 14.0. The Morgan fingerprint density at radius 1 is 1.48 bits per heavy atom. The molecular formula is C13H16BrNO5S. The lowest BCUT2D eigenvalue weighted by Gasteiger charge is -2.17. The number of carboxylic acids is 1. The van der Waals surface area contributed by atoms with E-state index in [1.807, 2.05) is 0 Å². The minimum Gasteiger partial charge on any atom is -0.478 e. The van der Waals surface area contributed by atoms with E-state index in [9.17, 15) is 13.2 Å². The van der Waals surface area contributed by atoms with E-state index in [-0.39, 0.29) is 22.6 Å². The van der Waals surface area contributed by atoms with Crippen LogP contribution in [0.1, 0.15) is 29.3 Å². The van der Waals surface area contributed by atoms with Crippen molar-refractivity contribution >= 4 is 31.9 Å². The fourth-order valence-electron chi connectivity index (χ4n) is 2.19. The molecule has 1 aliphatic heterocycles. The number of sulfonamides is 1. The highest BCUT2D eigenvalue weighted by molar-refractivity contribution is 9.10. The Hall–Kier alpha value is -0.960. The predicted molar refractivity (Wildman–Crippen MR) is 80.0 cm³/mol. The number of hydrogen-bond acceptors (Lipinski definition) is 4. The monoisotopic (exact) mass is 377 g/mol. The molecule has 1 saturated heterocycles. The first kappa shape index (κ1) is 16.4. The van der Waals surface area contributed by atoms with Gasteiger partial charge in [-0.05, 0) is 38.0 Å². The Labute approximate surface area is 131 Å². The highest BCUT2D eigenvalue weighted by Crippen LogP contribution is 2.26. The lowest BCUT2D eigenvalue weighted by Crippen LogP contribution is -2.39. The van der Waals surface area contributed by atoms with Gasteiger partial charge in [0.25, 0.3) is 0 Å². The number of aromatic carboxylic acids is 1. The van der Waals surface area contributed by atoms with E-state index in [2.05, 4.69) is 20.7 Å². The van der Waals surface area contributed by atoms with Crippen LogP contribution in [0.25, 0.3) is 0 Å². The molecule has 2 rings (SSSR count). The first-order valence-electron chi connectivity index (χ1n) is 6.39. The van der Waals surface area contributed by atoms with Gasteiger partial charge < -0.3 is 9.84 Å². The summed E-state index contributed by atoms with van der Waals surface area (Å²) in [6.45, 7) is 3.92.